The predicted molar refractivity (Wildman–Crippen MR) is 77.8 cm³/mol. The second kappa shape index (κ2) is 7.11. The van der Waals surface area contributed by atoms with Crippen molar-refractivity contribution in [3.8, 4) is 0 Å². The van der Waals surface area contributed by atoms with Gasteiger partial charge in [-0.15, -0.1) is 0 Å². The predicted octanol–water partition coefficient (Wildman–Crippen LogP) is -0.600. The second-order valence-electron chi connectivity index (χ2n) is 5.87. The number of aromatic nitrogens is 3. The van der Waals surface area contributed by atoms with Crippen LogP contribution in [0.1, 0.15) is 25.3 Å². The summed E-state index contributed by atoms with van der Waals surface area (Å²) >= 11 is 5.05. The molecule has 1 aliphatic carbocycles. The summed E-state index contributed by atoms with van der Waals surface area (Å²) in [6, 6.07) is 3.23. The van der Waals surface area contributed by atoms with Crippen LogP contribution in [0.4, 0.5) is 8.78 Å². The van der Waals surface area contributed by atoms with Crippen LogP contribution in [0.25, 0.3) is 0 Å². The fourth-order valence-corrected chi connectivity index (χ4v) is 3.05. The number of aliphatic hydroxyl groups is 1. The van der Waals surface area contributed by atoms with Gasteiger partial charge in [0.05, 0.1) is 6.54 Å². The molecule has 0 bridgehead atoms. The molecule has 8 heteroatoms. The molecule has 3 rings (SSSR count). The third-order valence-corrected chi connectivity index (χ3v) is 4.77. The van der Waals surface area contributed by atoms with Gasteiger partial charge in [-0.1, -0.05) is 13.0 Å². The molecule has 0 saturated heterocycles. The van der Waals surface area contributed by atoms with E-state index in [9.17, 15) is 13.9 Å². The summed E-state index contributed by atoms with van der Waals surface area (Å²) in [6.07, 6.45) is 3.28. The molecule has 4 nitrogen and oxygen atoms in total. The van der Waals surface area contributed by atoms with Crippen LogP contribution < -0.4 is 29.6 Å². The van der Waals surface area contributed by atoms with Crippen molar-refractivity contribution in [2.45, 2.75) is 37.1 Å². The molecule has 1 aromatic heterocycles. The minimum absolute atomic E-state index is 0. The number of rotatable bonds is 5. The fourth-order valence-electron chi connectivity index (χ4n) is 2.89. The Balaban J connectivity index is 0.00000192. The number of hydrogen-bond acceptors (Lipinski definition) is 4. The van der Waals surface area contributed by atoms with Gasteiger partial charge in [0.15, 0.2) is 0 Å². The Bertz CT molecular complexity index is 695. The summed E-state index contributed by atoms with van der Waals surface area (Å²) in [6.45, 7) is 1.87. The third-order valence-electron chi connectivity index (χ3n) is 4.45. The Morgan fingerprint density at radius 3 is 2.65 bits per heavy atom. The Labute approximate surface area is 161 Å². The average Bonchev–Trinajstić information content (AvgIpc) is 3.23. The minimum Gasteiger partial charge on any atom is -0.740 e. The van der Waals surface area contributed by atoms with Gasteiger partial charge in [-0.3, -0.25) is 4.68 Å². The summed E-state index contributed by atoms with van der Waals surface area (Å²) in [7, 11) is 0. The molecule has 0 spiro atoms. The van der Waals surface area contributed by atoms with E-state index in [1.165, 1.54) is 17.1 Å². The minimum atomic E-state index is -1.51. The summed E-state index contributed by atoms with van der Waals surface area (Å²) in [5.41, 5.74) is -1.45. The zero-order valence-corrected chi connectivity index (χ0v) is 15.9. The molecule has 1 N–H and O–H groups in total. The molecule has 0 aliphatic heterocycles. The molecule has 0 radical (unpaired) electrons. The zero-order chi connectivity index (χ0) is 15.9. The second-order valence-corrected chi connectivity index (χ2v) is 6.24. The van der Waals surface area contributed by atoms with E-state index >= 15 is 0 Å². The molecule has 2 atom stereocenters. The van der Waals surface area contributed by atoms with Crippen molar-refractivity contribution in [2.24, 2.45) is 11.8 Å². The molecular formula is C15H16F2N3NaOS. The van der Waals surface area contributed by atoms with E-state index in [1.54, 1.807) is 0 Å². The van der Waals surface area contributed by atoms with Crippen LogP contribution in [0.5, 0.6) is 0 Å². The van der Waals surface area contributed by atoms with Gasteiger partial charge in [0, 0.05) is 16.8 Å². The van der Waals surface area contributed by atoms with Crippen molar-refractivity contribution < 1.29 is 43.4 Å². The maximum atomic E-state index is 14.2. The smallest absolute Gasteiger partial charge is 0.740 e. The quantitative estimate of drug-likeness (QED) is 0.580. The first kappa shape index (κ1) is 18.7. The number of nitrogens with zero attached hydrogens (tertiary/aromatic N) is 3. The first-order valence-electron chi connectivity index (χ1n) is 7.14. The molecule has 0 amide bonds. The van der Waals surface area contributed by atoms with Gasteiger partial charge in [0.2, 0.25) is 0 Å². The average molecular weight is 347 g/mol. The number of halogens is 2. The maximum absolute atomic E-state index is 14.2. The number of hydrogen-bond donors (Lipinski definition) is 1. The van der Waals surface area contributed by atoms with E-state index < -0.39 is 17.2 Å². The van der Waals surface area contributed by atoms with Gasteiger partial charge in [-0.2, -0.15) is 5.10 Å². The van der Waals surface area contributed by atoms with Crippen LogP contribution in [0.2, 0.25) is 0 Å². The van der Waals surface area contributed by atoms with Crippen LogP contribution >= 0.6 is 0 Å². The van der Waals surface area contributed by atoms with E-state index in [0.29, 0.717) is 5.92 Å². The molecule has 1 saturated carbocycles. The Morgan fingerprint density at radius 1 is 1.43 bits per heavy atom. The van der Waals surface area contributed by atoms with E-state index in [0.717, 1.165) is 25.0 Å². The maximum Gasteiger partial charge on any atom is 1.00 e. The van der Waals surface area contributed by atoms with Crippen molar-refractivity contribution >= 4 is 12.6 Å². The Kier molecular flexibility index (Phi) is 5.79. The van der Waals surface area contributed by atoms with Crippen LogP contribution in [-0.2, 0) is 24.8 Å². The number of benzene rings is 1. The van der Waals surface area contributed by atoms with Crippen LogP contribution in [0.15, 0.2) is 29.7 Å². The van der Waals surface area contributed by atoms with Crippen molar-refractivity contribution in [1.29, 1.82) is 0 Å². The van der Waals surface area contributed by atoms with Gasteiger partial charge < -0.3 is 17.7 Å². The van der Waals surface area contributed by atoms with Gasteiger partial charge in [0.1, 0.15) is 23.6 Å². The normalized spacial score (nSPS) is 18.1. The summed E-state index contributed by atoms with van der Waals surface area (Å²) in [5.74, 6) is -1.33. The van der Waals surface area contributed by atoms with Crippen molar-refractivity contribution in [3.63, 3.8) is 0 Å². The molecule has 2 aromatic rings. The largest absolute Gasteiger partial charge is 1.00 e. The topological polar surface area (TPSA) is 50.9 Å². The SMILES string of the molecule is CC(C1CC1)C(O)(Cn1ncnc1[S-])c1ccc(F)cc1F.[Na+]. The Hall–Kier alpha value is -0.600. The fraction of sp³-hybridized carbons (Fsp3) is 0.467. The Morgan fingerprint density at radius 2 is 2.13 bits per heavy atom. The molecule has 2 unspecified atom stereocenters. The van der Waals surface area contributed by atoms with Gasteiger partial charge >= 0.3 is 29.6 Å². The monoisotopic (exact) mass is 347 g/mol. The zero-order valence-electron chi connectivity index (χ0n) is 13.0. The van der Waals surface area contributed by atoms with Crippen molar-refractivity contribution in [3.05, 3.63) is 41.7 Å². The van der Waals surface area contributed by atoms with E-state index in [-0.39, 0.29) is 52.7 Å². The molecular weight excluding hydrogens is 331 g/mol. The van der Waals surface area contributed by atoms with Crippen molar-refractivity contribution in [1.82, 2.24) is 14.8 Å². The van der Waals surface area contributed by atoms with E-state index in [4.69, 9.17) is 12.6 Å². The van der Waals surface area contributed by atoms with Crippen LogP contribution in [0.3, 0.4) is 0 Å². The third kappa shape index (κ3) is 3.74. The van der Waals surface area contributed by atoms with Gasteiger partial charge in [-0.25, -0.2) is 13.8 Å². The molecule has 1 aliphatic rings. The molecule has 23 heavy (non-hydrogen) atoms. The van der Waals surface area contributed by atoms with Gasteiger partial charge in [-0.05, 0) is 30.7 Å². The first-order valence-corrected chi connectivity index (χ1v) is 7.55. The summed E-state index contributed by atoms with van der Waals surface area (Å²) in [4.78, 5) is 3.85. The van der Waals surface area contributed by atoms with Crippen molar-refractivity contribution in [2.75, 3.05) is 0 Å². The molecule has 1 aromatic carbocycles. The molecule has 1 heterocycles. The van der Waals surface area contributed by atoms with Gasteiger partial charge in [0.25, 0.3) is 0 Å². The van der Waals surface area contributed by atoms with E-state index in [1.807, 2.05) is 6.92 Å². The summed E-state index contributed by atoms with van der Waals surface area (Å²) in [5, 5.41) is 15.4. The van der Waals surface area contributed by atoms with Crippen LogP contribution in [-0.4, -0.2) is 19.9 Å². The van der Waals surface area contributed by atoms with Crippen LogP contribution in [0, 0.1) is 23.5 Å². The molecule has 1 fully saturated rings. The standard InChI is InChI=1S/C15H17F2N3OS.Na/c1-9(10-2-3-10)15(21,7-20-14(22)18-8-19-20)12-5-4-11(16)6-13(12)17;/h4-6,8-10,21H,2-3,7H2,1H3,(H,18,19,22);/q;+1/p-1. The first-order chi connectivity index (χ1) is 10.4. The summed E-state index contributed by atoms with van der Waals surface area (Å²) < 4.78 is 28.8. The van der Waals surface area contributed by atoms with E-state index in [2.05, 4.69) is 10.1 Å². The molecule has 118 valence electrons.